The zero-order valence-corrected chi connectivity index (χ0v) is 12.8. The van der Waals surface area contributed by atoms with Crippen molar-refractivity contribution in [2.75, 3.05) is 32.8 Å². The number of ether oxygens (including phenoxy) is 1. The molecule has 118 valence electrons. The summed E-state index contributed by atoms with van der Waals surface area (Å²) >= 11 is 0. The number of amides is 1. The highest BCUT2D eigenvalue weighted by atomic mass is 16.5. The van der Waals surface area contributed by atoms with Crippen LogP contribution in [0.15, 0.2) is 12.3 Å². The number of carbonyl (C=O) groups excluding carboxylic acids is 1. The van der Waals surface area contributed by atoms with E-state index in [0.717, 1.165) is 45.4 Å². The maximum Gasteiger partial charge on any atom is 0.271 e. The van der Waals surface area contributed by atoms with Crippen LogP contribution in [0.1, 0.15) is 49.1 Å². The largest absolute Gasteiger partial charge is 0.380 e. The summed E-state index contributed by atoms with van der Waals surface area (Å²) in [6.07, 6.45) is 6.35. The van der Waals surface area contributed by atoms with Gasteiger partial charge in [-0.1, -0.05) is 13.3 Å². The van der Waals surface area contributed by atoms with Crippen LogP contribution in [-0.4, -0.2) is 48.5 Å². The average Bonchev–Trinajstić information content (AvgIpc) is 3.01. The molecule has 1 aromatic rings. The molecule has 2 heterocycles. The molecule has 0 saturated carbocycles. The molecule has 1 amide bonds. The lowest BCUT2D eigenvalue weighted by molar-refractivity contribution is 0.0907. The zero-order chi connectivity index (χ0) is 14.9. The minimum atomic E-state index is -0.128. The number of rotatable bonds is 8. The molecule has 1 aliphatic heterocycles. The normalized spacial score (nSPS) is 18.6. The van der Waals surface area contributed by atoms with E-state index in [-0.39, 0.29) is 5.91 Å². The van der Waals surface area contributed by atoms with Crippen molar-refractivity contribution in [3.05, 3.63) is 18.0 Å². The summed E-state index contributed by atoms with van der Waals surface area (Å²) in [5.74, 6) is -0.128. The molecular weight excluding hydrogens is 268 g/mol. The van der Waals surface area contributed by atoms with Crippen molar-refractivity contribution in [3.63, 3.8) is 0 Å². The fourth-order valence-corrected chi connectivity index (χ4v) is 2.40. The fourth-order valence-electron chi connectivity index (χ4n) is 2.40. The van der Waals surface area contributed by atoms with Gasteiger partial charge in [-0.25, -0.2) is 0 Å². The molecule has 1 aliphatic rings. The van der Waals surface area contributed by atoms with Gasteiger partial charge in [0.25, 0.3) is 5.91 Å². The van der Waals surface area contributed by atoms with Gasteiger partial charge in [0, 0.05) is 25.9 Å². The molecule has 2 N–H and O–H groups in total. The zero-order valence-electron chi connectivity index (χ0n) is 12.8. The molecule has 6 heteroatoms. The second kappa shape index (κ2) is 8.79. The molecule has 21 heavy (non-hydrogen) atoms. The Hall–Kier alpha value is -1.40. The molecule has 0 aromatic carbocycles. The van der Waals surface area contributed by atoms with E-state index in [1.165, 1.54) is 0 Å². The highest BCUT2D eigenvalue weighted by molar-refractivity contribution is 5.92. The molecule has 0 aliphatic carbocycles. The molecule has 1 unspecified atom stereocenters. The van der Waals surface area contributed by atoms with Crippen molar-refractivity contribution in [1.29, 1.82) is 0 Å². The van der Waals surface area contributed by atoms with E-state index in [4.69, 9.17) is 4.74 Å². The van der Waals surface area contributed by atoms with Gasteiger partial charge in [-0.3, -0.25) is 9.48 Å². The van der Waals surface area contributed by atoms with Crippen molar-refractivity contribution in [3.8, 4) is 0 Å². The first-order valence-corrected chi connectivity index (χ1v) is 7.93. The topological polar surface area (TPSA) is 68.2 Å². The summed E-state index contributed by atoms with van der Waals surface area (Å²) in [6, 6.07) is 2.14. The number of nitrogens with one attached hydrogen (secondary N) is 2. The van der Waals surface area contributed by atoms with Crippen LogP contribution >= 0.6 is 0 Å². The Bertz CT molecular complexity index is 427. The number of unbranched alkanes of at least 4 members (excludes halogenated alkanes) is 1. The van der Waals surface area contributed by atoms with Crippen molar-refractivity contribution in [2.45, 2.75) is 38.6 Å². The number of aromatic nitrogens is 2. The number of hydrogen-bond donors (Lipinski definition) is 2. The second-order valence-corrected chi connectivity index (χ2v) is 5.40. The number of carbonyl (C=O) groups is 1. The minimum Gasteiger partial charge on any atom is -0.380 e. The van der Waals surface area contributed by atoms with Gasteiger partial charge in [0.2, 0.25) is 0 Å². The fraction of sp³-hybridized carbons (Fsp3) is 0.733. The quantitative estimate of drug-likeness (QED) is 0.710. The Balaban J connectivity index is 1.71. The number of piperidine rings is 1. The van der Waals surface area contributed by atoms with Crippen molar-refractivity contribution < 1.29 is 9.53 Å². The van der Waals surface area contributed by atoms with Crippen LogP contribution in [0, 0.1) is 0 Å². The average molecular weight is 294 g/mol. The maximum atomic E-state index is 12.0. The van der Waals surface area contributed by atoms with Crippen LogP contribution in [0.5, 0.6) is 0 Å². The first kappa shape index (κ1) is 16.0. The van der Waals surface area contributed by atoms with Gasteiger partial charge in [-0.05, 0) is 31.9 Å². The van der Waals surface area contributed by atoms with Gasteiger partial charge in [0.1, 0.15) is 5.69 Å². The molecule has 1 aromatic heterocycles. The second-order valence-electron chi connectivity index (χ2n) is 5.40. The Kier molecular flexibility index (Phi) is 6.69. The van der Waals surface area contributed by atoms with Crippen LogP contribution < -0.4 is 10.6 Å². The monoisotopic (exact) mass is 294 g/mol. The van der Waals surface area contributed by atoms with Crippen molar-refractivity contribution in [1.82, 2.24) is 20.4 Å². The van der Waals surface area contributed by atoms with Gasteiger partial charge in [0.15, 0.2) is 0 Å². The highest BCUT2D eigenvalue weighted by Crippen LogP contribution is 2.15. The predicted octanol–water partition coefficient (Wildman–Crippen LogP) is 1.35. The lowest BCUT2D eigenvalue weighted by atomic mass is 10.1. The van der Waals surface area contributed by atoms with Gasteiger partial charge in [-0.15, -0.1) is 0 Å². The summed E-state index contributed by atoms with van der Waals surface area (Å²) in [7, 11) is 0. The Morgan fingerprint density at radius 2 is 2.48 bits per heavy atom. The van der Waals surface area contributed by atoms with Crippen LogP contribution in [0.2, 0.25) is 0 Å². The summed E-state index contributed by atoms with van der Waals surface area (Å²) in [5.41, 5.74) is 0.481. The third-order valence-corrected chi connectivity index (χ3v) is 3.66. The van der Waals surface area contributed by atoms with Gasteiger partial charge in [-0.2, -0.15) is 5.10 Å². The lowest BCUT2D eigenvalue weighted by Crippen LogP contribution is -2.32. The number of nitrogens with zero attached hydrogens (tertiary/aromatic N) is 2. The summed E-state index contributed by atoms with van der Waals surface area (Å²) in [4.78, 5) is 12.0. The van der Waals surface area contributed by atoms with Gasteiger partial charge in [0.05, 0.1) is 12.6 Å². The summed E-state index contributed by atoms with van der Waals surface area (Å²) in [5, 5.41) is 10.6. The van der Waals surface area contributed by atoms with E-state index in [2.05, 4.69) is 22.7 Å². The standard InChI is InChI=1S/C15H26N4O2/c1-2-3-10-21-11-8-17-15(20)14-6-9-19(18-14)13-5-4-7-16-12-13/h6,9,13,16H,2-5,7-8,10-12H2,1H3,(H,17,20). The predicted molar refractivity (Wildman–Crippen MR) is 81.4 cm³/mol. The molecule has 1 atom stereocenters. The highest BCUT2D eigenvalue weighted by Gasteiger charge is 2.17. The van der Waals surface area contributed by atoms with E-state index in [1.54, 1.807) is 6.07 Å². The van der Waals surface area contributed by atoms with E-state index in [0.29, 0.717) is 24.9 Å². The van der Waals surface area contributed by atoms with Gasteiger partial charge >= 0.3 is 0 Å². The van der Waals surface area contributed by atoms with E-state index >= 15 is 0 Å². The van der Waals surface area contributed by atoms with Crippen LogP contribution in [0.3, 0.4) is 0 Å². The van der Waals surface area contributed by atoms with E-state index in [9.17, 15) is 4.79 Å². The molecule has 0 bridgehead atoms. The third kappa shape index (κ3) is 5.13. The molecular formula is C15H26N4O2. The van der Waals surface area contributed by atoms with Crippen LogP contribution in [0.25, 0.3) is 0 Å². The Labute approximate surface area is 126 Å². The Morgan fingerprint density at radius 3 is 3.24 bits per heavy atom. The first-order chi connectivity index (χ1) is 10.3. The molecule has 1 fully saturated rings. The van der Waals surface area contributed by atoms with Crippen molar-refractivity contribution >= 4 is 5.91 Å². The maximum absolute atomic E-state index is 12.0. The molecule has 0 spiro atoms. The molecule has 1 saturated heterocycles. The van der Waals surface area contributed by atoms with Crippen LogP contribution in [0.4, 0.5) is 0 Å². The Morgan fingerprint density at radius 1 is 1.57 bits per heavy atom. The first-order valence-electron chi connectivity index (χ1n) is 7.93. The van der Waals surface area contributed by atoms with Gasteiger partial charge < -0.3 is 15.4 Å². The van der Waals surface area contributed by atoms with E-state index < -0.39 is 0 Å². The lowest BCUT2D eigenvalue weighted by Gasteiger charge is -2.22. The molecule has 2 rings (SSSR count). The number of hydrogen-bond acceptors (Lipinski definition) is 4. The minimum absolute atomic E-state index is 0.128. The summed E-state index contributed by atoms with van der Waals surface area (Å²) in [6.45, 7) is 5.97. The van der Waals surface area contributed by atoms with Crippen molar-refractivity contribution in [2.24, 2.45) is 0 Å². The molecule has 6 nitrogen and oxygen atoms in total. The summed E-state index contributed by atoms with van der Waals surface area (Å²) < 4.78 is 7.31. The van der Waals surface area contributed by atoms with E-state index in [1.807, 2.05) is 10.9 Å². The smallest absolute Gasteiger partial charge is 0.271 e. The van der Waals surface area contributed by atoms with Crippen LogP contribution in [-0.2, 0) is 4.74 Å². The molecule has 0 radical (unpaired) electrons. The third-order valence-electron chi connectivity index (χ3n) is 3.66. The SMILES string of the molecule is CCCCOCCNC(=O)c1ccn(C2CCCNC2)n1.